The van der Waals surface area contributed by atoms with Crippen molar-refractivity contribution in [2.75, 3.05) is 0 Å². The van der Waals surface area contributed by atoms with Crippen LogP contribution < -0.4 is 4.52 Å². The molecule has 120 valence electrons. The number of rotatable bonds is 4. The van der Waals surface area contributed by atoms with Crippen molar-refractivity contribution < 1.29 is 14.0 Å². The van der Waals surface area contributed by atoms with Crippen LogP contribution in [0.3, 0.4) is 0 Å². The monoisotopic (exact) mass is 339 g/mol. The molecule has 0 atom stereocenters. The number of nitro groups is 1. The summed E-state index contributed by atoms with van der Waals surface area (Å²) >= 11 is 0. The highest BCUT2D eigenvalue weighted by Gasteiger charge is 2.03. The average Bonchev–Trinajstić information content (AvgIpc) is 2.64. The largest absolute Gasteiger partial charge is 0.408 e. The minimum atomic E-state index is -0.515. The lowest BCUT2D eigenvalue weighted by Gasteiger charge is -1.98. The second-order valence-corrected chi connectivity index (χ2v) is 4.98. The van der Waals surface area contributed by atoms with Gasteiger partial charge in [0.15, 0.2) is 0 Å². The molecule has 3 rings (SSSR count). The maximum absolute atomic E-state index is 10.2. The van der Waals surface area contributed by atoms with E-state index in [0.717, 1.165) is 0 Å². The highest BCUT2D eigenvalue weighted by molar-refractivity contribution is 7.17. The predicted molar refractivity (Wildman–Crippen MR) is 93.2 cm³/mol. The summed E-state index contributed by atoms with van der Waals surface area (Å²) in [6.45, 7) is 0. The molecule has 0 saturated heterocycles. The van der Waals surface area contributed by atoms with Gasteiger partial charge in [-0.1, -0.05) is 60.7 Å². The van der Waals surface area contributed by atoms with E-state index >= 15 is 0 Å². The number of hydrogen-bond acceptors (Lipinski definition) is 4. The lowest BCUT2D eigenvalue weighted by molar-refractivity contribution is -0.384. The molecule has 0 amide bonds. The molecule has 24 heavy (non-hydrogen) atoms. The summed E-state index contributed by atoms with van der Waals surface area (Å²) in [5.74, 6) is 0.331. The van der Waals surface area contributed by atoms with Gasteiger partial charge >= 0.3 is 8.69 Å². The van der Waals surface area contributed by atoms with Crippen LogP contribution in [-0.4, -0.2) is 4.92 Å². The molecule has 3 aromatic rings. The van der Waals surface area contributed by atoms with Crippen molar-refractivity contribution >= 4 is 14.4 Å². The van der Waals surface area contributed by atoms with Gasteiger partial charge in [-0.3, -0.25) is 10.1 Å². The van der Waals surface area contributed by atoms with E-state index in [9.17, 15) is 14.7 Å². The van der Waals surface area contributed by atoms with Crippen LogP contribution in [0.5, 0.6) is 5.75 Å². The summed E-state index contributed by atoms with van der Waals surface area (Å²) in [6, 6.07) is 26.1. The van der Waals surface area contributed by atoms with Crippen molar-refractivity contribution in [1.82, 2.24) is 0 Å². The van der Waals surface area contributed by atoms with Crippen molar-refractivity contribution in [1.29, 1.82) is 0 Å². The third-order valence-electron chi connectivity index (χ3n) is 3.07. The van der Waals surface area contributed by atoms with Gasteiger partial charge in [0.25, 0.3) is 5.69 Å². The van der Waals surface area contributed by atoms with Crippen molar-refractivity contribution in [2.45, 2.75) is 0 Å². The van der Waals surface area contributed by atoms with Crippen molar-refractivity contribution in [3.63, 3.8) is 0 Å². The van der Waals surface area contributed by atoms with Gasteiger partial charge in [-0.25, -0.2) is 4.57 Å². The van der Waals surface area contributed by atoms with Crippen LogP contribution in [0.25, 0.3) is 11.1 Å². The molecule has 0 bridgehead atoms. The number of hydrogen-bond donors (Lipinski definition) is 0. The Bertz CT molecular complexity index is 740. The molecule has 6 heteroatoms. The minimum Gasteiger partial charge on any atom is -0.408 e. The van der Waals surface area contributed by atoms with Crippen molar-refractivity contribution in [3.05, 3.63) is 95.0 Å². The zero-order chi connectivity index (χ0) is 17.2. The van der Waals surface area contributed by atoms with Crippen LogP contribution in [0.15, 0.2) is 84.9 Å². The zero-order valence-corrected chi connectivity index (χ0v) is 13.5. The van der Waals surface area contributed by atoms with E-state index in [2.05, 4.69) is 53.1 Å². The molecule has 0 aliphatic rings. The van der Waals surface area contributed by atoms with Crippen LogP contribution in [-0.2, 0) is 4.57 Å². The van der Waals surface area contributed by atoms with Gasteiger partial charge in [0, 0.05) is 12.1 Å². The molecule has 0 aromatic heterocycles. The average molecular weight is 339 g/mol. The number of non-ortho nitro benzene ring substituents is 1. The fourth-order valence-corrected chi connectivity index (χ4v) is 2.14. The maximum atomic E-state index is 10.2. The normalized spacial score (nSPS) is 9.67. The Balaban J connectivity index is 0.000000174. The Kier molecular flexibility index (Phi) is 6.62. The summed E-state index contributed by atoms with van der Waals surface area (Å²) in [7, 11) is -0.472. The van der Waals surface area contributed by atoms with Crippen molar-refractivity contribution in [2.24, 2.45) is 0 Å². The summed E-state index contributed by atoms with van der Waals surface area (Å²) in [5.41, 5.74) is 2.53. The Morgan fingerprint density at radius 2 is 1.21 bits per heavy atom. The van der Waals surface area contributed by atoms with E-state index in [-0.39, 0.29) is 5.69 Å². The molecule has 0 saturated carbocycles. The van der Waals surface area contributed by atoms with E-state index in [1.807, 2.05) is 12.1 Å². The van der Waals surface area contributed by atoms with Gasteiger partial charge in [-0.05, 0) is 23.3 Å². The molecule has 0 radical (unpaired) electrons. The first-order valence-corrected chi connectivity index (χ1v) is 7.78. The summed E-state index contributed by atoms with van der Waals surface area (Å²) < 4.78 is 14.5. The minimum absolute atomic E-state index is 0.0232. The molecule has 0 aliphatic carbocycles. The third kappa shape index (κ3) is 5.30. The lowest BCUT2D eigenvalue weighted by atomic mass is 10.1. The number of benzene rings is 3. The second-order valence-electron chi connectivity index (χ2n) is 4.65. The van der Waals surface area contributed by atoms with Gasteiger partial charge in [0.1, 0.15) is 5.75 Å². The Morgan fingerprint density at radius 3 is 1.58 bits per heavy atom. The number of nitrogens with zero attached hydrogens (tertiary/aromatic N) is 1. The molecule has 0 fully saturated rings. The summed E-state index contributed by atoms with van der Waals surface area (Å²) in [4.78, 5) is 9.66. The fourth-order valence-electron chi connectivity index (χ4n) is 1.93. The van der Waals surface area contributed by atoms with Crippen LogP contribution >= 0.6 is 8.69 Å². The Hall–Kier alpha value is -3.04. The smallest absolute Gasteiger partial charge is 0.395 e. The molecule has 3 aromatic carbocycles. The first kappa shape index (κ1) is 17.3. The maximum Gasteiger partial charge on any atom is 0.395 e. The predicted octanol–water partition coefficient (Wildman–Crippen LogP) is 5.53. The lowest BCUT2D eigenvalue weighted by Crippen LogP contribution is -1.86. The van der Waals surface area contributed by atoms with Gasteiger partial charge in [0.05, 0.1) is 4.92 Å². The first-order chi connectivity index (χ1) is 11.7. The SMILES string of the molecule is O=POc1ccc([N+](=O)[O-])cc1.c1ccc(-c2ccccc2)cc1. The summed E-state index contributed by atoms with van der Waals surface area (Å²) in [5, 5.41) is 10.2. The van der Waals surface area contributed by atoms with Gasteiger partial charge in [0.2, 0.25) is 0 Å². The highest BCUT2D eigenvalue weighted by Crippen LogP contribution is 2.19. The van der Waals surface area contributed by atoms with Crippen LogP contribution in [0.2, 0.25) is 0 Å². The third-order valence-corrected chi connectivity index (χ3v) is 3.36. The fraction of sp³-hybridized carbons (Fsp3) is 0. The molecule has 0 aliphatic heterocycles. The number of nitro benzene ring substituents is 1. The van der Waals surface area contributed by atoms with Gasteiger partial charge in [-0.2, -0.15) is 0 Å². The van der Waals surface area contributed by atoms with Gasteiger partial charge < -0.3 is 4.52 Å². The van der Waals surface area contributed by atoms with E-state index in [4.69, 9.17) is 0 Å². The van der Waals surface area contributed by atoms with Crippen LogP contribution in [0.4, 0.5) is 5.69 Å². The van der Waals surface area contributed by atoms with E-state index in [0.29, 0.717) is 5.75 Å². The molecule has 0 heterocycles. The quantitative estimate of drug-likeness (QED) is 0.356. The Morgan fingerprint density at radius 1 is 0.750 bits per heavy atom. The highest BCUT2D eigenvalue weighted by atomic mass is 31.1. The molecule has 5 nitrogen and oxygen atoms in total. The van der Waals surface area contributed by atoms with Crippen LogP contribution in [0.1, 0.15) is 0 Å². The molecule has 0 unspecified atom stereocenters. The standard InChI is InChI=1S/C12H10.C6H4NO4P/c1-3-7-11(8-4-1)12-9-5-2-6-10-12;8-7(9)5-1-3-6(4-2-5)11-12-10/h1-10H;1-4H. The topological polar surface area (TPSA) is 69.4 Å². The summed E-state index contributed by atoms with van der Waals surface area (Å²) in [6.07, 6.45) is 0. The second kappa shape index (κ2) is 9.18. The van der Waals surface area contributed by atoms with Crippen molar-refractivity contribution in [3.8, 4) is 16.9 Å². The Labute approximate surface area is 141 Å². The molecule has 0 N–H and O–H groups in total. The van der Waals surface area contributed by atoms with E-state index in [1.54, 1.807) is 0 Å². The molecular formula is C18H14NO4P. The van der Waals surface area contributed by atoms with E-state index < -0.39 is 13.6 Å². The van der Waals surface area contributed by atoms with E-state index in [1.165, 1.54) is 35.4 Å². The molecular weight excluding hydrogens is 325 g/mol. The van der Waals surface area contributed by atoms with Gasteiger partial charge in [-0.15, -0.1) is 0 Å². The van der Waals surface area contributed by atoms with Crippen LogP contribution in [0, 0.1) is 10.1 Å². The molecule has 0 spiro atoms. The zero-order valence-electron chi connectivity index (χ0n) is 12.6. The first-order valence-electron chi connectivity index (χ1n) is 7.05.